The van der Waals surface area contributed by atoms with Gasteiger partial charge < -0.3 is 5.32 Å². The lowest BCUT2D eigenvalue weighted by molar-refractivity contribution is -0.384. The third-order valence-electron chi connectivity index (χ3n) is 3.09. The minimum Gasteiger partial charge on any atom is -0.322 e. The number of benzene rings is 2. The van der Waals surface area contributed by atoms with Crippen molar-refractivity contribution < 1.29 is 9.72 Å². The number of carbonyl (C=O) groups is 1. The molecule has 0 saturated heterocycles. The van der Waals surface area contributed by atoms with Crippen molar-refractivity contribution in [3.63, 3.8) is 0 Å². The molecule has 110 valence electrons. The number of nitrogens with zero attached hydrogens (tertiary/aromatic N) is 2. The number of thiazole rings is 1. The van der Waals surface area contributed by atoms with Crippen LogP contribution in [0.3, 0.4) is 0 Å². The molecule has 1 amide bonds. The first-order chi connectivity index (χ1) is 10.5. The van der Waals surface area contributed by atoms with Crippen LogP contribution in [-0.4, -0.2) is 15.8 Å². The standard InChI is InChI=1S/C15H11N3O3S/c1-9-16-13-7-2-10(8-14(13)22-9)15(19)17-11-3-5-12(6-4-11)18(20)21/h2-8H,1H3,(H,17,19). The van der Waals surface area contributed by atoms with Gasteiger partial charge in [0, 0.05) is 23.4 Å². The van der Waals surface area contributed by atoms with Gasteiger partial charge in [0.25, 0.3) is 11.6 Å². The number of non-ortho nitro benzene ring substituents is 1. The molecule has 1 N–H and O–H groups in total. The molecule has 7 heteroatoms. The molecule has 2 aromatic carbocycles. The van der Waals surface area contributed by atoms with Gasteiger partial charge in [-0.3, -0.25) is 14.9 Å². The Kier molecular flexibility index (Phi) is 3.56. The average Bonchev–Trinajstić information content (AvgIpc) is 2.86. The zero-order chi connectivity index (χ0) is 15.7. The Labute approximate surface area is 129 Å². The number of nitro benzene ring substituents is 1. The number of carbonyl (C=O) groups excluding carboxylic acids is 1. The second-order valence-electron chi connectivity index (χ2n) is 4.67. The van der Waals surface area contributed by atoms with E-state index in [1.165, 1.54) is 35.6 Å². The molecule has 1 heterocycles. The van der Waals surface area contributed by atoms with Gasteiger partial charge in [0.15, 0.2) is 0 Å². The highest BCUT2D eigenvalue weighted by Crippen LogP contribution is 2.23. The lowest BCUT2D eigenvalue weighted by atomic mass is 10.2. The maximum absolute atomic E-state index is 12.2. The number of amides is 1. The Morgan fingerprint density at radius 1 is 1.23 bits per heavy atom. The molecular formula is C15H11N3O3S. The van der Waals surface area contributed by atoms with E-state index in [4.69, 9.17) is 0 Å². The summed E-state index contributed by atoms with van der Waals surface area (Å²) in [4.78, 5) is 26.7. The third-order valence-corrected chi connectivity index (χ3v) is 4.03. The number of rotatable bonds is 3. The molecule has 22 heavy (non-hydrogen) atoms. The van der Waals surface area contributed by atoms with Crippen molar-refractivity contribution in [3.8, 4) is 0 Å². The van der Waals surface area contributed by atoms with Crippen LogP contribution in [0.4, 0.5) is 11.4 Å². The van der Waals surface area contributed by atoms with Crippen molar-refractivity contribution in [2.45, 2.75) is 6.92 Å². The molecule has 0 saturated carbocycles. The Morgan fingerprint density at radius 3 is 2.64 bits per heavy atom. The first-order valence-corrected chi connectivity index (χ1v) is 7.27. The number of hydrogen-bond donors (Lipinski definition) is 1. The fraction of sp³-hybridized carbons (Fsp3) is 0.0667. The molecule has 0 fully saturated rings. The maximum atomic E-state index is 12.2. The first-order valence-electron chi connectivity index (χ1n) is 6.46. The van der Waals surface area contributed by atoms with Crippen molar-refractivity contribution in [1.29, 1.82) is 0 Å². The fourth-order valence-corrected chi connectivity index (χ4v) is 2.92. The van der Waals surface area contributed by atoms with Gasteiger partial charge in [-0.2, -0.15) is 0 Å². The predicted octanol–water partition coefficient (Wildman–Crippen LogP) is 3.77. The van der Waals surface area contributed by atoms with Crippen LogP contribution in [0, 0.1) is 17.0 Å². The van der Waals surface area contributed by atoms with Gasteiger partial charge in [-0.25, -0.2) is 4.98 Å². The van der Waals surface area contributed by atoms with Gasteiger partial charge in [-0.15, -0.1) is 11.3 Å². The van der Waals surface area contributed by atoms with Gasteiger partial charge >= 0.3 is 0 Å². The van der Waals surface area contributed by atoms with E-state index in [1.54, 1.807) is 12.1 Å². The summed E-state index contributed by atoms with van der Waals surface area (Å²) in [6.07, 6.45) is 0. The monoisotopic (exact) mass is 313 g/mol. The Bertz CT molecular complexity index is 871. The fourth-order valence-electron chi connectivity index (χ4n) is 2.05. The van der Waals surface area contributed by atoms with Gasteiger partial charge in [0.05, 0.1) is 20.1 Å². The highest BCUT2D eigenvalue weighted by molar-refractivity contribution is 7.18. The third kappa shape index (κ3) is 2.79. The van der Waals surface area contributed by atoms with E-state index in [2.05, 4.69) is 10.3 Å². The molecule has 0 unspecified atom stereocenters. The zero-order valence-electron chi connectivity index (χ0n) is 11.6. The number of aromatic nitrogens is 1. The van der Waals surface area contributed by atoms with Crippen LogP contribution in [0.5, 0.6) is 0 Å². The zero-order valence-corrected chi connectivity index (χ0v) is 12.4. The summed E-state index contributed by atoms with van der Waals surface area (Å²) < 4.78 is 0.953. The van der Waals surface area contributed by atoms with E-state index in [1.807, 2.05) is 13.0 Å². The van der Waals surface area contributed by atoms with Crippen LogP contribution in [0.2, 0.25) is 0 Å². The maximum Gasteiger partial charge on any atom is 0.269 e. The van der Waals surface area contributed by atoms with E-state index in [-0.39, 0.29) is 11.6 Å². The van der Waals surface area contributed by atoms with Crippen molar-refractivity contribution in [2.24, 2.45) is 0 Å². The Balaban J connectivity index is 1.81. The predicted molar refractivity (Wildman–Crippen MR) is 85.4 cm³/mol. The van der Waals surface area contributed by atoms with Crippen LogP contribution in [0.15, 0.2) is 42.5 Å². The van der Waals surface area contributed by atoms with Gasteiger partial charge in [-0.1, -0.05) is 0 Å². The molecule has 3 aromatic rings. The summed E-state index contributed by atoms with van der Waals surface area (Å²) in [5.74, 6) is -0.262. The van der Waals surface area contributed by atoms with Crippen LogP contribution in [-0.2, 0) is 0 Å². The number of aryl methyl sites for hydroxylation is 1. The summed E-state index contributed by atoms with van der Waals surface area (Å²) in [5.41, 5.74) is 1.89. The summed E-state index contributed by atoms with van der Waals surface area (Å²) >= 11 is 1.53. The average molecular weight is 313 g/mol. The molecule has 0 bridgehead atoms. The molecular weight excluding hydrogens is 302 g/mol. The largest absolute Gasteiger partial charge is 0.322 e. The van der Waals surface area contributed by atoms with Crippen LogP contribution in [0.25, 0.3) is 10.2 Å². The minimum absolute atomic E-state index is 0.0143. The number of fused-ring (bicyclic) bond motifs is 1. The van der Waals surface area contributed by atoms with E-state index >= 15 is 0 Å². The van der Waals surface area contributed by atoms with Crippen molar-refractivity contribution in [3.05, 3.63) is 63.1 Å². The molecule has 0 atom stereocenters. The lowest BCUT2D eigenvalue weighted by Crippen LogP contribution is -2.11. The van der Waals surface area contributed by atoms with E-state index in [0.717, 1.165) is 15.2 Å². The van der Waals surface area contributed by atoms with Gasteiger partial charge in [0.2, 0.25) is 0 Å². The van der Waals surface area contributed by atoms with E-state index in [9.17, 15) is 14.9 Å². The highest BCUT2D eigenvalue weighted by Gasteiger charge is 2.10. The molecule has 0 aliphatic rings. The Hall–Kier alpha value is -2.80. The smallest absolute Gasteiger partial charge is 0.269 e. The van der Waals surface area contributed by atoms with Gasteiger partial charge in [0.1, 0.15) is 0 Å². The molecule has 0 aliphatic heterocycles. The molecule has 0 radical (unpaired) electrons. The second-order valence-corrected chi connectivity index (χ2v) is 5.91. The van der Waals surface area contributed by atoms with Crippen molar-refractivity contribution in [1.82, 2.24) is 4.98 Å². The van der Waals surface area contributed by atoms with E-state index < -0.39 is 4.92 Å². The quantitative estimate of drug-likeness (QED) is 0.589. The number of nitro groups is 1. The Morgan fingerprint density at radius 2 is 1.95 bits per heavy atom. The van der Waals surface area contributed by atoms with Crippen LogP contribution < -0.4 is 5.32 Å². The summed E-state index contributed by atoms with van der Waals surface area (Å²) in [6.45, 7) is 1.92. The molecule has 3 rings (SSSR count). The number of nitrogens with one attached hydrogen (secondary N) is 1. The van der Waals surface area contributed by atoms with Gasteiger partial charge in [-0.05, 0) is 37.3 Å². The lowest BCUT2D eigenvalue weighted by Gasteiger charge is -2.05. The van der Waals surface area contributed by atoms with Crippen LogP contribution in [0.1, 0.15) is 15.4 Å². The normalized spacial score (nSPS) is 10.6. The SMILES string of the molecule is Cc1nc2ccc(C(=O)Nc3ccc([N+](=O)[O-])cc3)cc2s1. The first kappa shape index (κ1) is 14.2. The van der Waals surface area contributed by atoms with Crippen LogP contribution >= 0.6 is 11.3 Å². The summed E-state index contributed by atoms with van der Waals surface area (Å²) in [5, 5.41) is 14.3. The number of anilines is 1. The summed E-state index contributed by atoms with van der Waals surface area (Å²) in [6, 6.07) is 11.0. The minimum atomic E-state index is -0.481. The van der Waals surface area contributed by atoms with E-state index in [0.29, 0.717) is 11.3 Å². The summed E-state index contributed by atoms with van der Waals surface area (Å²) in [7, 11) is 0. The topological polar surface area (TPSA) is 85.1 Å². The second kappa shape index (κ2) is 5.53. The molecule has 6 nitrogen and oxygen atoms in total. The van der Waals surface area contributed by atoms with Crippen molar-refractivity contribution >= 4 is 38.8 Å². The number of hydrogen-bond acceptors (Lipinski definition) is 5. The molecule has 0 spiro atoms. The molecule has 1 aromatic heterocycles. The highest BCUT2D eigenvalue weighted by atomic mass is 32.1. The van der Waals surface area contributed by atoms with Crippen molar-refractivity contribution in [2.75, 3.05) is 5.32 Å². The molecule has 0 aliphatic carbocycles.